The minimum absolute atomic E-state index is 0.00688. The molecule has 2 unspecified atom stereocenters. The number of para-hydroxylation sites is 1. The Balaban J connectivity index is 1.71. The number of carbonyl (C=O) groups is 1. The number of thiophene rings is 1. The number of carbonyl (C=O) groups excluding carboxylic acids is 1. The Morgan fingerprint density at radius 2 is 1.91 bits per heavy atom. The topological polar surface area (TPSA) is 101 Å². The summed E-state index contributed by atoms with van der Waals surface area (Å²) in [7, 11) is -3.92. The van der Waals surface area contributed by atoms with Gasteiger partial charge in [0.15, 0.2) is 0 Å². The van der Waals surface area contributed by atoms with Crippen LogP contribution in [0.25, 0.3) is 10.2 Å². The second-order valence-electron chi connectivity index (χ2n) is 8.64. The zero-order chi connectivity index (χ0) is 23.9. The molecule has 8 nitrogen and oxygen atoms in total. The SMILES string of the molecule is Cc1sc2ncn(CC(=O)Nc3ccccc3F)c(=O)c2c1S(=O)(=O)N1CC(C)CC(C)C1. The lowest BCUT2D eigenvalue weighted by Crippen LogP contribution is -2.42. The van der Waals surface area contributed by atoms with Gasteiger partial charge in [0.05, 0.1) is 17.4 Å². The van der Waals surface area contributed by atoms with Gasteiger partial charge in [-0.25, -0.2) is 17.8 Å². The molecule has 11 heteroatoms. The van der Waals surface area contributed by atoms with E-state index in [-0.39, 0.29) is 27.8 Å². The fourth-order valence-electron chi connectivity index (χ4n) is 4.37. The van der Waals surface area contributed by atoms with Crippen molar-refractivity contribution in [3.8, 4) is 0 Å². The van der Waals surface area contributed by atoms with Gasteiger partial charge in [0, 0.05) is 18.0 Å². The lowest BCUT2D eigenvalue weighted by atomic mass is 9.94. The van der Waals surface area contributed by atoms with Gasteiger partial charge in [-0.15, -0.1) is 11.3 Å². The zero-order valence-corrected chi connectivity index (χ0v) is 20.2. The average molecular weight is 493 g/mol. The van der Waals surface area contributed by atoms with E-state index in [4.69, 9.17) is 0 Å². The van der Waals surface area contributed by atoms with E-state index in [2.05, 4.69) is 10.3 Å². The van der Waals surface area contributed by atoms with Crippen LogP contribution in [-0.2, 0) is 21.4 Å². The van der Waals surface area contributed by atoms with Crippen LogP contribution in [0.5, 0.6) is 0 Å². The predicted molar refractivity (Wildman–Crippen MR) is 125 cm³/mol. The molecule has 0 saturated carbocycles. The molecule has 3 aromatic rings. The molecule has 0 aliphatic carbocycles. The van der Waals surface area contributed by atoms with Crippen LogP contribution >= 0.6 is 11.3 Å². The standard InChI is InChI=1S/C22H25FN4O4S2/c1-13-8-14(2)10-27(9-13)33(30,31)20-15(3)32-21-19(20)22(29)26(12-24-21)11-18(28)25-17-7-5-4-6-16(17)23/h4-7,12-14H,8-11H2,1-3H3,(H,25,28). The van der Waals surface area contributed by atoms with Crippen LogP contribution in [0.15, 0.2) is 40.3 Å². The molecule has 1 amide bonds. The molecular formula is C22H25FN4O4S2. The Labute approximate surface area is 195 Å². The van der Waals surface area contributed by atoms with Crippen molar-refractivity contribution in [1.29, 1.82) is 0 Å². The number of anilines is 1. The molecule has 0 spiro atoms. The zero-order valence-electron chi connectivity index (χ0n) is 18.5. The fraction of sp³-hybridized carbons (Fsp3) is 0.409. The van der Waals surface area contributed by atoms with Crippen LogP contribution in [-0.4, -0.2) is 41.3 Å². The largest absolute Gasteiger partial charge is 0.322 e. The summed E-state index contributed by atoms with van der Waals surface area (Å²) in [6, 6.07) is 5.69. The normalized spacial score (nSPS) is 19.6. The second-order valence-corrected chi connectivity index (χ2v) is 11.7. The van der Waals surface area contributed by atoms with Crippen molar-refractivity contribution in [1.82, 2.24) is 13.9 Å². The number of fused-ring (bicyclic) bond motifs is 1. The third-order valence-corrected chi connectivity index (χ3v) is 8.84. The van der Waals surface area contributed by atoms with Gasteiger partial charge in [0.25, 0.3) is 5.56 Å². The number of piperidine rings is 1. The summed E-state index contributed by atoms with van der Waals surface area (Å²) in [5.41, 5.74) is -0.628. The Morgan fingerprint density at radius 3 is 2.58 bits per heavy atom. The molecule has 0 radical (unpaired) electrons. The average Bonchev–Trinajstić information content (AvgIpc) is 3.08. The number of aryl methyl sites for hydroxylation is 1. The first kappa shape index (κ1) is 23.5. The van der Waals surface area contributed by atoms with Crippen molar-refractivity contribution in [2.45, 2.75) is 38.6 Å². The first-order valence-electron chi connectivity index (χ1n) is 10.6. The van der Waals surface area contributed by atoms with Gasteiger partial charge in [-0.1, -0.05) is 26.0 Å². The van der Waals surface area contributed by atoms with E-state index in [1.165, 1.54) is 28.8 Å². The van der Waals surface area contributed by atoms with Crippen molar-refractivity contribution >= 4 is 43.2 Å². The number of amides is 1. The number of nitrogens with zero attached hydrogens (tertiary/aromatic N) is 3. The highest BCUT2D eigenvalue weighted by Gasteiger charge is 2.35. The highest BCUT2D eigenvalue weighted by molar-refractivity contribution is 7.89. The van der Waals surface area contributed by atoms with E-state index < -0.39 is 33.9 Å². The minimum atomic E-state index is -3.92. The van der Waals surface area contributed by atoms with Crippen LogP contribution < -0.4 is 10.9 Å². The van der Waals surface area contributed by atoms with E-state index >= 15 is 0 Å². The maximum atomic E-state index is 13.8. The first-order chi connectivity index (χ1) is 15.6. The Morgan fingerprint density at radius 1 is 1.24 bits per heavy atom. The molecule has 2 atom stereocenters. The van der Waals surface area contributed by atoms with Gasteiger partial charge in [0.2, 0.25) is 15.9 Å². The molecule has 1 aliphatic rings. The molecule has 33 heavy (non-hydrogen) atoms. The van der Waals surface area contributed by atoms with Crippen LogP contribution in [0.4, 0.5) is 10.1 Å². The number of rotatable bonds is 5. The van der Waals surface area contributed by atoms with Crippen molar-refractivity contribution < 1.29 is 17.6 Å². The van der Waals surface area contributed by atoms with Crippen LogP contribution in [0, 0.1) is 24.6 Å². The highest BCUT2D eigenvalue weighted by atomic mass is 32.2. The van der Waals surface area contributed by atoms with Gasteiger partial charge >= 0.3 is 0 Å². The summed E-state index contributed by atoms with van der Waals surface area (Å²) < 4.78 is 43.5. The van der Waals surface area contributed by atoms with Crippen LogP contribution in [0.3, 0.4) is 0 Å². The lowest BCUT2D eigenvalue weighted by molar-refractivity contribution is -0.116. The summed E-state index contributed by atoms with van der Waals surface area (Å²) in [6.07, 6.45) is 2.16. The van der Waals surface area contributed by atoms with E-state index in [1.807, 2.05) is 13.8 Å². The highest BCUT2D eigenvalue weighted by Crippen LogP contribution is 2.35. The maximum absolute atomic E-state index is 13.8. The summed E-state index contributed by atoms with van der Waals surface area (Å²) in [4.78, 5) is 30.7. The molecule has 4 rings (SSSR count). The molecule has 3 heterocycles. The number of nitrogens with one attached hydrogen (secondary N) is 1. The molecule has 176 valence electrons. The van der Waals surface area contributed by atoms with E-state index in [0.29, 0.717) is 22.8 Å². The van der Waals surface area contributed by atoms with Crippen LogP contribution in [0.2, 0.25) is 0 Å². The number of aromatic nitrogens is 2. The third-order valence-electron chi connectivity index (χ3n) is 5.69. The molecule has 1 saturated heterocycles. The third kappa shape index (κ3) is 4.57. The number of hydrogen-bond donors (Lipinski definition) is 1. The summed E-state index contributed by atoms with van der Waals surface area (Å²) in [5, 5.41) is 2.41. The summed E-state index contributed by atoms with van der Waals surface area (Å²) in [5.74, 6) is -0.798. The number of hydrogen-bond acceptors (Lipinski definition) is 6. The Bertz CT molecular complexity index is 1370. The molecule has 0 bridgehead atoms. The van der Waals surface area contributed by atoms with Gasteiger partial charge in [-0.05, 0) is 37.3 Å². The van der Waals surface area contributed by atoms with Crippen molar-refractivity contribution in [3.63, 3.8) is 0 Å². The number of sulfonamides is 1. The molecular weight excluding hydrogens is 467 g/mol. The molecule has 1 aliphatic heterocycles. The molecule has 1 aromatic carbocycles. The predicted octanol–water partition coefficient (Wildman–Crippen LogP) is 3.21. The maximum Gasteiger partial charge on any atom is 0.263 e. The van der Waals surface area contributed by atoms with E-state index in [9.17, 15) is 22.4 Å². The van der Waals surface area contributed by atoms with Crippen molar-refractivity contribution in [2.75, 3.05) is 18.4 Å². The Hall–Kier alpha value is -2.63. The van der Waals surface area contributed by atoms with Crippen LogP contribution in [0.1, 0.15) is 25.1 Å². The molecule has 1 N–H and O–H groups in total. The molecule has 1 fully saturated rings. The fourth-order valence-corrected chi connectivity index (χ4v) is 7.72. The monoisotopic (exact) mass is 492 g/mol. The molecule has 2 aromatic heterocycles. The van der Waals surface area contributed by atoms with E-state index in [0.717, 1.165) is 22.3 Å². The van der Waals surface area contributed by atoms with E-state index in [1.54, 1.807) is 13.0 Å². The minimum Gasteiger partial charge on any atom is -0.322 e. The summed E-state index contributed by atoms with van der Waals surface area (Å²) in [6.45, 7) is 6.04. The quantitative estimate of drug-likeness (QED) is 0.589. The lowest BCUT2D eigenvalue weighted by Gasteiger charge is -2.34. The second kappa shape index (κ2) is 8.96. The number of halogens is 1. The van der Waals surface area contributed by atoms with Gasteiger partial charge in [0.1, 0.15) is 22.1 Å². The Kier molecular flexibility index (Phi) is 6.39. The first-order valence-corrected chi connectivity index (χ1v) is 12.9. The van der Waals surface area contributed by atoms with Gasteiger partial charge < -0.3 is 5.32 Å². The van der Waals surface area contributed by atoms with Crippen molar-refractivity contribution in [3.05, 3.63) is 51.6 Å². The van der Waals surface area contributed by atoms with Crippen molar-refractivity contribution in [2.24, 2.45) is 11.8 Å². The van der Waals surface area contributed by atoms with Gasteiger partial charge in [-0.2, -0.15) is 4.31 Å². The summed E-state index contributed by atoms with van der Waals surface area (Å²) >= 11 is 1.14. The number of benzene rings is 1. The smallest absolute Gasteiger partial charge is 0.263 e. The van der Waals surface area contributed by atoms with Gasteiger partial charge in [-0.3, -0.25) is 14.2 Å².